The Hall–Kier alpha value is -3.49. The summed E-state index contributed by atoms with van der Waals surface area (Å²) < 4.78 is 4.56. The Labute approximate surface area is 142 Å². The minimum atomic E-state index is -1.07. The lowest BCUT2D eigenvalue weighted by molar-refractivity contribution is -0.143. The van der Waals surface area contributed by atoms with Gasteiger partial charge in [0.15, 0.2) is 0 Å². The molecule has 1 aliphatic heterocycles. The quantitative estimate of drug-likeness (QED) is 0.345. The summed E-state index contributed by atoms with van der Waals surface area (Å²) >= 11 is 0. The van der Waals surface area contributed by atoms with Gasteiger partial charge in [-0.2, -0.15) is 0 Å². The maximum absolute atomic E-state index is 12.0. The molecule has 0 atom stereocenters. The van der Waals surface area contributed by atoms with Gasteiger partial charge in [0.05, 0.1) is 12.7 Å². The molecule has 1 saturated heterocycles. The fraction of sp³-hybridized carbons (Fsp3) is 0.188. The fourth-order valence-corrected chi connectivity index (χ4v) is 2.13. The number of rotatable bonds is 6. The van der Waals surface area contributed by atoms with E-state index in [1.165, 1.54) is 37.5 Å². The Bertz CT molecular complexity index is 756. The first-order valence-electron chi connectivity index (χ1n) is 7.15. The molecule has 1 heterocycles. The number of hydrogen-bond donors (Lipinski definition) is 1. The average Bonchev–Trinajstić information content (AvgIpc) is 2.80. The van der Waals surface area contributed by atoms with Gasteiger partial charge in [-0.05, 0) is 24.3 Å². The standard InChI is InChI=1S/C16H15N3O6/c1-3-8-18-13(21)14(22)19(16(18)24)9-12(20)17-11-6-4-10(5-7-11)15(23)25-2/h3-7H,1,8-9H2,2H3,(H,17,20). The molecule has 5 amide bonds. The summed E-state index contributed by atoms with van der Waals surface area (Å²) in [6.07, 6.45) is 1.30. The molecule has 1 fully saturated rings. The summed E-state index contributed by atoms with van der Waals surface area (Å²) in [6, 6.07) is 4.96. The van der Waals surface area contributed by atoms with Crippen LogP contribution in [-0.2, 0) is 19.1 Å². The Morgan fingerprint density at radius 3 is 2.28 bits per heavy atom. The molecule has 1 N–H and O–H groups in total. The van der Waals surface area contributed by atoms with Crippen molar-refractivity contribution in [1.29, 1.82) is 0 Å². The number of carbonyl (C=O) groups is 5. The molecule has 9 heteroatoms. The van der Waals surface area contributed by atoms with Crippen LogP contribution in [0.1, 0.15) is 10.4 Å². The van der Waals surface area contributed by atoms with E-state index in [9.17, 15) is 24.0 Å². The second kappa shape index (κ2) is 7.39. The van der Waals surface area contributed by atoms with Gasteiger partial charge in [-0.1, -0.05) is 6.08 Å². The molecule has 9 nitrogen and oxygen atoms in total. The third-order valence-electron chi connectivity index (χ3n) is 3.34. The number of benzene rings is 1. The molecule has 0 aromatic heterocycles. The monoisotopic (exact) mass is 345 g/mol. The van der Waals surface area contributed by atoms with Crippen molar-refractivity contribution in [2.45, 2.75) is 0 Å². The topological polar surface area (TPSA) is 113 Å². The highest BCUT2D eigenvalue weighted by Crippen LogP contribution is 2.13. The van der Waals surface area contributed by atoms with Gasteiger partial charge in [0.2, 0.25) is 5.91 Å². The Morgan fingerprint density at radius 2 is 1.72 bits per heavy atom. The summed E-state index contributed by atoms with van der Waals surface area (Å²) in [5.41, 5.74) is 0.655. The number of anilines is 1. The van der Waals surface area contributed by atoms with E-state index in [1.807, 2.05) is 0 Å². The van der Waals surface area contributed by atoms with Crippen molar-refractivity contribution in [3.05, 3.63) is 42.5 Å². The second-order valence-corrected chi connectivity index (χ2v) is 5.00. The first-order valence-corrected chi connectivity index (χ1v) is 7.15. The van der Waals surface area contributed by atoms with Crippen molar-refractivity contribution in [1.82, 2.24) is 9.80 Å². The van der Waals surface area contributed by atoms with Crippen molar-refractivity contribution in [3.8, 4) is 0 Å². The van der Waals surface area contributed by atoms with Crippen LogP contribution in [0.4, 0.5) is 10.5 Å². The highest BCUT2D eigenvalue weighted by atomic mass is 16.5. The Morgan fingerprint density at radius 1 is 1.12 bits per heavy atom. The van der Waals surface area contributed by atoms with Crippen LogP contribution >= 0.6 is 0 Å². The predicted molar refractivity (Wildman–Crippen MR) is 85.4 cm³/mol. The largest absolute Gasteiger partial charge is 0.465 e. The zero-order valence-corrected chi connectivity index (χ0v) is 13.4. The van der Waals surface area contributed by atoms with Crippen LogP contribution in [0.25, 0.3) is 0 Å². The van der Waals surface area contributed by atoms with Crippen molar-refractivity contribution in [3.63, 3.8) is 0 Å². The highest BCUT2D eigenvalue weighted by molar-refractivity contribution is 6.45. The molecule has 0 radical (unpaired) electrons. The number of esters is 1. The van der Waals surface area contributed by atoms with Crippen LogP contribution in [0.15, 0.2) is 36.9 Å². The average molecular weight is 345 g/mol. The fourth-order valence-electron chi connectivity index (χ4n) is 2.13. The molecule has 1 aromatic carbocycles. The number of nitrogens with zero attached hydrogens (tertiary/aromatic N) is 2. The van der Waals surface area contributed by atoms with Gasteiger partial charge in [-0.15, -0.1) is 6.58 Å². The summed E-state index contributed by atoms with van der Waals surface area (Å²) in [6.45, 7) is 2.68. The van der Waals surface area contributed by atoms with Crippen LogP contribution in [0.2, 0.25) is 0 Å². The first kappa shape index (κ1) is 17.9. The summed E-state index contributed by atoms with van der Waals surface area (Å²) in [7, 11) is 1.25. The number of nitrogens with one attached hydrogen (secondary N) is 1. The number of amides is 5. The van der Waals surface area contributed by atoms with Crippen LogP contribution in [-0.4, -0.2) is 59.7 Å². The predicted octanol–water partition coefficient (Wildman–Crippen LogP) is 0.388. The minimum Gasteiger partial charge on any atom is -0.465 e. The SMILES string of the molecule is C=CCN1C(=O)C(=O)N(CC(=O)Nc2ccc(C(=O)OC)cc2)C1=O. The third-order valence-corrected chi connectivity index (χ3v) is 3.34. The number of carbonyl (C=O) groups excluding carboxylic acids is 5. The summed E-state index contributed by atoms with van der Waals surface area (Å²) in [4.78, 5) is 60.1. The lowest BCUT2D eigenvalue weighted by Gasteiger charge is -2.14. The van der Waals surface area contributed by atoms with E-state index in [0.717, 1.165) is 0 Å². The summed E-state index contributed by atoms with van der Waals surface area (Å²) in [5.74, 6) is -3.25. The lowest BCUT2D eigenvalue weighted by Crippen LogP contribution is -2.39. The van der Waals surface area contributed by atoms with Gasteiger partial charge in [0.1, 0.15) is 6.54 Å². The van der Waals surface area contributed by atoms with Gasteiger partial charge >= 0.3 is 23.8 Å². The van der Waals surface area contributed by atoms with Crippen LogP contribution < -0.4 is 5.32 Å². The molecule has 0 bridgehead atoms. The van der Waals surface area contributed by atoms with E-state index in [0.29, 0.717) is 21.1 Å². The molecule has 0 aliphatic carbocycles. The number of ether oxygens (including phenoxy) is 1. The molecule has 0 spiro atoms. The van der Waals surface area contributed by atoms with Crippen molar-refractivity contribution in [2.75, 3.05) is 25.5 Å². The molecular formula is C16H15N3O6. The van der Waals surface area contributed by atoms with Gasteiger partial charge in [0, 0.05) is 12.2 Å². The van der Waals surface area contributed by atoms with Crippen LogP contribution in [0.3, 0.4) is 0 Å². The molecule has 2 rings (SSSR count). The zero-order chi connectivity index (χ0) is 18.6. The third kappa shape index (κ3) is 3.71. The van der Waals surface area contributed by atoms with E-state index in [-0.39, 0.29) is 6.54 Å². The maximum atomic E-state index is 12.0. The maximum Gasteiger partial charge on any atom is 0.337 e. The van der Waals surface area contributed by atoms with Crippen molar-refractivity contribution >= 4 is 35.4 Å². The molecule has 1 aromatic rings. The normalized spacial score (nSPS) is 13.9. The zero-order valence-electron chi connectivity index (χ0n) is 13.4. The lowest BCUT2D eigenvalue weighted by atomic mass is 10.2. The van der Waals surface area contributed by atoms with E-state index in [2.05, 4.69) is 16.6 Å². The van der Waals surface area contributed by atoms with Gasteiger partial charge < -0.3 is 10.1 Å². The number of hydrogen-bond acceptors (Lipinski definition) is 6. The van der Waals surface area contributed by atoms with Crippen molar-refractivity contribution < 1.29 is 28.7 Å². The molecule has 130 valence electrons. The number of methoxy groups -OCH3 is 1. The van der Waals surface area contributed by atoms with E-state index >= 15 is 0 Å². The van der Waals surface area contributed by atoms with Gasteiger partial charge in [-0.3, -0.25) is 19.3 Å². The van der Waals surface area contributed by atoms with Crippen molar-refractivity contribution in [2.24, 2.45) is 0 Å². The molecule has 1 aliphatic rings. The summed E-state index contributed by atoms with van der Waals surface area (Å²) in [5, 5.41) is 2.47. The molecular weight excluding hydrogens is 330 g/mol. The number of urea groups is 1. The molecule has 0 unspecified atom stereocenters. The Balaban J connectivity index is 2.01. The van der Waals surface area contributed by atoms with E-state index in [4.69, 9.17) is 0 Å². The highest BCUT2D eigenvalue weighted by Gasteiger charge is 2.44. The number of imide groups is 2. The second-order valence-electron chi connectivity index (χ2n) is 5.00. The van der Waals surface area contributed by atoms with Gasteiger partial charge in [-0.25, -0.2) is 14.5 Å². The Kier molecular flexibility index (Phi) is 5.28. The first-order chi connectivity index (χ1) is 11.9. The minimum absolute atomic E-state index is 0.115. The van der Waals surface area contributed by atoms with Crippen LogP contribution in [0, 0.1) is 0 Å². The van der Waals surface area contributed by atoms with E-state index in [1.54, 1.807) is 0 Å². The molecule has 0 saturated carbocycles. The molecule has 25 heavy (non-hydrogen) atoms. The van der Waals surface area contributed by atoms with Gasteiger partial charge in [0.25, 0.3) is 0 Å². The smallest absolute Gasteiger partial charge is 0.337 e. The van der Waals surface area contributed by atoms with Crippen LogP contribution in [0.5, 0.6) is 0 Å². The van der Waals surface area contributed by atoms with E-state index < -0.39 is 36.3 Å².